The highest BCUT2D eigenvalue weighted by Gasteiger charge is 2.06. The number of anilines is 1. The first kappa shape index (κ1) is 17.1. The second-order valence-electron chi connectivity index (χ2n) is 5.09. The molecule has 4 nitrogen and oxygen atoms in total. The molecule has 0 saturated heterocycles. The van der Waals surface area contributed by atoms with Crippen LogP contribution < -0.4 is 14.8 Å². The number of nitrogens with one attached hydrogen (secondary N) is 1. The maximum Gasteiger partial charge on any atom is 0.173 e. The molecule has 0 fully saturated rings. The molecule has 0 aliphatic heterocycles. The van der Waals surface area contributed by atoms with Gasteiger partial charge in [0.15, 0.2) is 5.11 Å². The van der Waals surface area contributed by atoms with E-state index in [2.05, 4.69) is 5.32 Å². The Bertz CT molecular complexity index is 626. The van der Waals surface area contributed by atoms with Crippen LogP contribution in [0.15, 0.2) is 48.5 Å². The molecule has 0 aliphatic carbocycles. The summed E-state index contributed by atoms with van der Waals surface area (Å²) in [6.45, 7) is 3.36. The SMILES string of the molecule is CCOc1ccc(NC(=S)N(C)Cc2ccc(OC)cc2)cc1. The second kappa shape index (κ2) is 8.39. The van der Waals surface area contributed by atoms with Crippen molar-refractivity contribution in [2.75, 3.05) is 26.1 Å². The molecule has 2 rings (SSSR count). The third-order valence-corrected chi connectivity index (χ3v) is 3.76. The fourth-order valence-corrected chi connectivity index (χ4v) is 2.28. The van der Waals surface area contributed by atoms with E-state index in [-0.39, 0.29) is 0 Å². The van der Waals surface area contributed by atoms with E-state index in [1.54, 1.807) is 7.11 Å². The molecule has 23 heavy (non-hydrogen) atoms. The molecule has 0 heterocycles. The van der Waals surface area contributed by atoms with Crippen LogP contribution in [0.4, 0.5) is 5.69 Å². The Morgan fingerprint density at radius 1 is 1.04 bits per heavy atom. The van der Waals surface area contributed by atoms with Crippen molar-refractivity contribution >= 4 is 23.0 Å². The molecule has 2 aromatic rings. The van der Waals surface area contributed by atoms with Gasteiger partial charge in [0.1, 0.15) is 11.5 Å². The minimum atomic E-state index is 0.662. The summed E-state index contributed by atoms with van der Waals surface area (Å²) < 4.78 is 10.6. The van der Waals surface area contributed by atoms with Crippen molar-refractivity contribution < 1.29 is 9.47 Å². The second-order valence-corrected chi connectivity index (χ2v) is 5.48. The first-order chi connectivity index (χ1) is 11.1. The van der Waals surface area contributed by atoms with E-state index < -0.39 is 0 Å². The average Bonchev–Trinajstić information content (AvgIpc) is 2.57. The van der Waals surface area contributed by atoms with Crippen molar-refractivity contribution in [3.8, 4) is 11.5 Å². The van der Waals surface area contributed by atoms with Crippen LogP contribution in [0.25, 0.3) is 0 Å². The van der Waals surface area contributed by atoms with E-state index in [1.807, 2.05) is 67.4 Å². The fourth-order valence-electron chi connectivity index (χ4n) is 2.10. The number of rotatable bonds is 6. The van der Waals surface area contributed by atoms with Gasteiger partial charge in [-0.15, -0.1) is 0 Å². The fraction of sp³-hybridized carbons (Fsp3) is 0.278. The van der Waals surface area contributed by atoms with Crippen molar-refractivity contribution in [2.24, 2.45) is 0 Å². The molecular weight excluding hydrogens is 308 g/mol. The minimum Gasteiger partial charge on any atom is -0.497 e. The van der Waals surface area contributed by atoms with Crippen LogP contribution in [0, 0.1) is 0 Å². The molecule has 0 spiro atoms. The number of hydrogen-bond donors (Lipinski definition) is 1. The van der Waals surface area contributed by atoms with Crippen LogP contribution in [0.2, 0.25) is 0 Å². The molecule has 2 aromatic carbocycles. The maximum absolute atomic E-state index is 5.45. The number of hydrogen-bond acceptors (Lipinski definition) is 3. The molecule has 0 aromatic heterocycles. The number of methoxy groups -OCH3 is 1. The van der Waals surface area contributed by atoms with Gasteiger partial charge < -0.3 is 19.7 Å². The Hall–Kier alpha value is -2.27. The van der Waals surface area contributed by atoms with Gasteiger partial charge >= 0.3 is 0 Å². The largest absolute Gasteiger partial charge is 0.497 e. The normalized spacial score (nSPS) is 10.0. The van der Waals surface area contributed by atoms with E-state index in [0.717, 1.165) is 23.7 Å². The minimum absolute atomic E-state index is 0.662. The van der Waals surface area contributed by atoms with Crippen molar-refractivity contribution in [3.63, 3.8) is 0 Å². The zero-order chi connectivity index (χ0) is 16.7. The van der Waals surface area contributed by atoms with E-state index in [4.69, 9.17) is 21.7 Å². The van der Waals surface area contributed by atoms with Crippen molar-refractivity contribution in [2.45, 2.75) is 13.5 Å². The van der Waals surface area contributed by atoms with Crippen molar-refractivity contribution in [1.29, 1.82) is 0 Å². The zero-order valence-electron chi connectivity index (χ0n) is 13.7. The monoisotopic (exact) mass is 330 g/mol. The van der Waals surface area contributed by atoms with Gasteiger partial charge in [0.2, 0.25) is 0 Å². The quantitative estimate of drug-likeness (QED) is 0.812. The predicted octanol–water partition coefficient (Wildman–Crippen LogP) is 3.92. The first-order valence-corrected chi connectivity index (χ1v) is 7.91. The lowest BCUT2D eigenvalue weighted by atomic mass is 10.2. The number of ether oxygens (including phenoxy) is 2. The summed E-state index contributed by atoms with van der Waals surface area (Å²) in [7, 11) is 3.63. The van der Waals surface area contributed by atoms with Crippen LogP contribution in [-0.4, -0.2) is 30.8 Å². The molecule has 0 amide bonds. The van der Waals surface area contributed by atoms with Crippen molar-refractivity contribution in [1.82, 2.24) is 4.90 Å². The molecule has 5 heteroatoms. The van der Waals surface area contributed by atoms with E-state index in [9.17, 15) is 0 Å². The van der Waals surface area contributed by atoms with Gasteiger partial charge in [-0.05, 0) is 61.1 Å². The molecule has 1 N–H and O–H groups in total. The molecule has 0 saturated carbocycles. The van der Waals surface area contributed by atoms with E-state index in [1.165, 1.54) is 5.56 Å². The van der Waals surface area contributed by atoms with Gasteiger partial charge in [-0.3, -0.25) is 0 Å². The van der Waals surface area contributed by atoms with Gasteiger partial charge in [0.25, 0.3) is 0 Å². The average molecular weight is 330 g/mol. The summed E-state index contributed by atoms with van der Waals surface area (Å²) in [5.41, 5.74) is 2.11. The smallest absolute Gasteiger partial charge is 0.173 e. The summed E-state index contributed by atoms with van der Waals surface area (Å²) in [5.74, 6) is 1.71. The zero-order valence-corrected chi connectivity index (χ0v) is 14.5. The Morgan fingerprint density at radius 2 is 1.65 bits per heavy atom. The summed E-state index contributed by atoms with van der Waals surface area (Å²) in [6, 6.07) is 15.7. The molecular formula is C18H22N2O2S. The maximum atomic E-state index is 5.45. The summed E-state index contributed by atoms with van der Waals surface area (Å²) in [6.07, 6.45) is 0. The first-order valence-electron chi connectivity index (χ1n) is 7.50. The van der Waals surface area contributed by atoms with E-state index >= 15 is 0 Å². The summed E-state index contributed by atoms with van der Waals surface area (Å²) >= 11 is 5.45. The Kier molecular flexibility index (Phi) is 6.23. The lowest BCUT2D eigenvalue weighted by Gasteiger charge is -2.21. The van der Waals surface area contributed by atoms with Crippen LogP contribution in [0.3, 0.4) is 0 Å². The van der Waals surface area contributed by atoms with Gasteiger partial charge in [-0.1, -0.05) is 12.1 Å². The Balaban J connectivity index is 1.90. The Morgan fingerprint density at radius 3 is 2.22 bits per heavy atom. The lowest BCUT2D eigenvalue weighted by molar-refractivity contribution is 0.340. The molecule has 0 atom stereocenters. The van der Waals surface area contributed by atoms with Crippen LogP contribution in [0.5, 0.6) is 11.5 Å². The molecule has 0 radical (unpaired) electrons. The predicted molar refractivity (Wildman–Crippen MR) is 98.3 cm³/mol. The highest BCUT2D eigenvalue weighted by atomic mass is 32.1. The van der Waals surface area contributed by atoms with Gasteiger partial charge in [-0.25, -0.2) is 0 Å². The van der Waals surface area contributed by atoms with Crippen LogP contribution >= 0.6 is 12.2 Å². The summed E-state index contributed by atoms with van der Waals surface area (Å²) in [5, 5.41) is 3.90. The third kappa shape index (κ3) is 5.14. The van der Waals surface area contributed by atoms with Crippen molar-refractivity contribution in [3.05, 3.63) is 54.1 Å². The number of nitrogens with zero attached hydrogens (tertiary/aromatic N) is 1. The van der Waals surface area contributed by atoms with Gasteiger partial charge in [0, 0.05) is 19.3 Å². The summed E-state index contributed by atoms with van der Waals surface area (Å²) in [4.78, 5) is 1.99. The van der Waals surface area contributed by atoms with Crippen LogP contribution in [0.1, 0.15) is 12.5 Å². The van der Waals surface area contributed by atoms with Gasteiger partial charge in [0.05, 0.1) is 13.7 Å². The van der Waals surface area contributed by atoms with Crippen LogP contribution in [-0.2, 0) is 6.54 Å². The molecule has 0 bridgehead atoms. The highest BCUT2D eigenvalue weighted by molar-refractivity contribution is 7.80. The number of thiocarbonyl (C=S) groups is 1. The molecule has 122 valence electrons. The third-order valence-electron chi connectivity index (χ3n) is 3.34. The van der Waals surface area contributed by atoms with Gasteiger partial charge in [-0.2, -0.15) is 0 Å². The topological polar surface area (TPSA) is 33.7 Å². The molecule has 0 unspecified atom stereocenters. The van der Waals surface area contributed by atoms with E-state index in [0.29, 0.717) is 11.7 Å². The Labute approximate surface area is 143 Å². The lowest BCUT2D eigenvalue weighted by Crippen LogP contribution is -2.30. The number of benzene rings is 2. The standard InChI is InChI=1S/C18H22N2O2S/c1-4-22-17-11-7-15(8-12-17)19-18(23)20(2)13-14-5-9-16(21-3)10-6-14/h5-12H,4,13H2,1-3H3,(H,19,23). The molecule has 0 aliphatic rings. The highest BCUT2D eigenvalue weighted by Crippen LogP contribution is 2.17.